The molecule has 1 aromatic rings. The summed E-state index contributed by atoms with van der Waals surface area (Å²) in [6, 6.07) is 0. The Balaban J connectivity index is 2.73. The zero-order valence-corrected chi connectivity index (χ0v) is 8.14. The molecule has 1 aliphatic rings. The third-order valence-electron chi connectivity index (χ3n) is 1.57. The highest BCUT2D eigenvalue weighted by molar-refractivity contribution is 7.48. The summed E-state index contributed by atoms with van der Waals surface area (Å²) in [5.74, 6) is -1.28. The SMILES string of the molecule is COP1(=O)On2cc(F)c(=O)n(c2=O)O1. The first kappa shape index (κ1) is 9.94. The smallest absolute Gasteiger partial charge is 0.296 e. The van der Waals surface area contributed by atoms with E-state index in [-0.39, 0.29) is 9.46 Å². The van der Waals surface area contributed by atoms with Gasteiger partial charge in [0.05, 0.1) is 6.20 Å². The van der Waals surface area contributed by atoms with E-state index in [2.05, 4.69) is 13.8 Å². The third-order valence-corrected chi connectivity index (χ3v) is 2.76. The van der Waals surface area contributed by atoms with Crippen LogP contribution in [0.2, 0.25) is 0 Å². The quantitative estimate of drug-likeness (QED) is 0.569. The largest absolute Gasteiger partial charge is 0.626 e. The predicted octanol–water partition coefficient (Wildman–Crippen LogP) is -1.23. The molecule has 15 heavy (non-hydrogen) atoms. The molecule has 0 radical (unpaired) electrons. The van der Waals surface area contributed by atoms with Crippen molar-refractivity contribution in [1.29, 1.82) is 0 Å². The van der Waals surface area contributed by atoms with Crippen molar-refractivity contribution in [2.24, 2.45) is 0 Å². The lowest BCUT2D eigenvalue weighted by Gasteiger charge is -2.21. The molecule has 0 N–H and O–H groups in total. The van der Waals surface area contributed by atoms with Gasteiger partial charge < -0.3 is 0 Å². The molecular weight excluding hydrogens is 234 g/mol. The van der Waals surface area contributed by atoms with Crippen LogP contribution in [0.3, 0.4) is 0 Å². The maximum atomic E-state index is 12.8. The Kier molecular flexibility index (Phi) is 1.95. The Hall–Kier alpha value is -1.60. The molecule has 1 aliphatic heterocycles. The molecule has 1 unspecified atom stereocenters. The number of aromatic nitrogens is 2. The highest BCUT2D eigenvalue weighted by Gasteiger charge is 2.38. The van der Waals surface area contributed by atoms with Crippen molar-refractivity contribution in [2.45, 2.75) is 0 Å². The summed E-state index contributed by atoms with van der Waals surface area (Å²) in [4.78, 5) is 22.2. The van der Waals surface area contributed by atoms with Gasteiger partial charge in [-0.3, -0.25) is 18.6 Å². The Morgan fingerprint density at radius 3 is 2.73 bits per heavy atom. The molecule has 1 atom stereocenters. The Morgan fingerprint density at radius 2 is 2.13 bits per heavy atom. The molecule has 0 saturated heterocycles. The van der Waals surface area contributed by atoms with Gasteiger partial charge in [0.15, 0.2) is 0 Å². The number of nitrogens with zero attached hydrogens (tertiary/aromatic N) is 2. The van der Waals surface area contributed by atoms with Crippen LogP contribution in [-0.2, 0) is 9.09 Å². The molecule has 0 aliphatic carbocycles. The van der Waals surface area contributed by atoms with Crippen LogP contribution in [0.15, 0.2) is 15.8 Å². The molecule has 82 valence electrons. The van der Waals surface area contributed by atoms with Gasteiger partial charge in [0.1, 0.15) is 0 Å². The van der Waals surface area contributed by atoms with Crippen molar-refractivity contribution in [3.05, 3.63) is 32.9 Å². The topological polar surface area (TPSA) is 88.8 Å². The average molecular weight is 238 g/mol. The fourth-order valence-corrected chi connectivity index (χ4v) is 1.75. The summed E-state index contributed by atoms with van der Waals surface area (Å²) in [5, 5.41) is 0. The number of hydrogen-bond donors (Lipinski definition) is 0. The van der Waals surface area contributed by atoms with Crippen LogP contribution in [0.1, 0.15) is 0 Å². The monoisotopic (exact) mass is 238 g/mol. The maximum absolute atomic E-state index is 12.8. The van der Waals surface area contributed by atoms with E-state index < -0.39 is 24.9 Å². The summed E-state index contributed by atoms with van der Waals surface area (Å²) < 4.78 is 37.5. The first-order chi connectivity index (χ1) is 6.97. The van der Waals surface area contributed by atoms with Crippen LogP contribution in [-0.4, -0.2) is 16.6 Å². The summed E-state index contributed by atoms with van der Waals surface area (Å²) in [6.07, 6.45) is 0.454. The van der Waals surface area contributed by atoms with Crippen molar-refractivity contribution in [2.75, 3.05) is 7.11 Å². The minimum atomic E-state index is -4.07. The van der Waals surface area contributed by atoms with Crippen LogP contribution in [0, 0.1) is 5.82 Å². The third kappa shape index (κ3) is 1.36. The predicted molar refractivity (Wildman–Crippen MR) is 42.7 cm³/mol. The zero-order chi connectivity index (χ0) is 11.2. The van der Waals surface area contributed by atoms with Gasteiger partial charge >= 0.3 is 19.1 Å². The van der Waals surface area contributed by atoms with Crippen LogP contribution in [0.25, 0.3) is 0 Å². The van der Waals surface area contributed by atoms with E-state index in [1.165, 1.54) is 0 Å². The molecule has 0 spiro atoms. The lowest BCUT2D eigenvalue weighted by Crippen LogP contribution is -2.50. The molecule has 0 amide bonds. The number of hydrogen-bond acceptors (Lipinski definition) is 6. The van der Waals surface area contributed by atoms with Gasteiger partial charge in [0.25, 0.3) is 0 Å². The Bertz CT molecular complexity index is 564. The lowest BCUT2D eigenvalue weighted by molar-refractivity contribution is 0.0498. The van der Waals surface area contributed by atoms with Crippen molar-refractivity contribution < 1.29 is 22.7 Å². The van der Waals surface area contributed by atoms with Gasteiger partial charge in [0.2, 0.25) is 5.82 Å². The molecule has 10 heteroatoms. The molecule has 8 nitrogen and oxygen atoms in total. The van der Waals surface area contributed by atoms with Crippen LogP contribution in [0.5, 0.6) is 0 Å². The number of fused-ring (bicyclic) bond motifs is 2. The highest BCUT2D eigenvalue weighted by Crippen LogP contribution is 2.41. The summed E-state index contributed by atoms with van der Waals surface area (Å²) in [5.41, 5.74) is -2.47. The lowest BCUT2D eigenvalue weighted by atomic mass is 10.6. The van der Waals surface area contributed by atoms with Crippen molar-refractivity contribution in [3.63, 3.8) is 0 Å². The molecule has 0 fully saturated rings. The van der Waals surface area contributed by atoms with Crippen LogP contribution in [0.4, 0.5) is 4.39 Å². The minimum Gasteiger partial charge on any atom is -0.296 e. The number of rotatable bonds is 1. The van der Waals surface area contributed by atoms with Gasteiger partial charge in [-0.25, -0.2) is 9.36 Å². The summed E-state index contributed by atoms with van der Waals surface area (Å²) in [6.45, 7) is 0. The second-order valence-electron chi connectivity index (χ2n) is 2.48. The average Bonchev–Trinajstić information content (AvgIpc) is 2.20. The molecule has 2 bridgehead atoms. The van der Waals surface area contributed by atoms with Gasteiger partial charge in [0, 0.05) is 7.11 Å². The van der Waals surface area contributed by atoms with Crippen LogP contribution < -0.4 is 20.5 Å². The molecule has 0 aromatic carbocycles. The van der Waals surface area contributed by atoms with E-state index in [9.17, 15) is 18.5 Å². The first-order valence-corrected chi connectivity index (χ1v) is 5.03. The van der Waals surface area contributed by atoms with E-state index in [4.69, 9.17) is 0 Å². The van der Waals surface area contributed by atoms with E-state index in [1.807, 2.05) is 0 Å². The van der Waals surface area contributed by atoms with Crippen molar-refractivity contribution in [1.82, 2.24) is 9.46 Å². The van der Waals surface area contributed by atoms with Gasteiger partial charge in [-0.05, 0) is 0 Å². The second-order valence-corrected chi connectivity index (χ2v) is 4.06. The number of phosphoric acid groups is 1. The van der Waals surface area contributed by atoms with Crippen molar-refractivity contribution >= 4 is 7.82 Å². The molecular formula is C5H4FN2O6P. The second kappa shape index (κ2) is 2.94. The fourth-order valence-electron chi connectivity index (χ4n) is 0.907. The first-order valence-electron chi connectivity index (χ1n) is 3.57. The molecule has 0 saturated carbocycles. The van der Waals surface area contributed by atoms with E-state index >= 15 is 0 Å². The normalized spacial score (nSPS) is 23.1. The molecule has 1 aromatic heterocycles. The maximum Gasteiger partial charge on any atom is 0.626 e. The van der Waals surface area contributed by atoms with E-state index in [0.717, 1.165) is 7.11 Å². The minimum absolute atomic E-state index is 0.0247. The van der Waals surface area contributed by atoms with Crippen LogP contribution >= 0.6 is 7.82 Å². The van der Waals surface area contributed by atoms with E-state index in [0.29, 0.717) is 6.20 Å². The van der Waals surface area contributed by atoms with Gasteiger partial charge in [-0.2, -0.15) is 4.39 Å². The van der Waals surface area contributed by atoms with Gasteiger partial charge in [-0.1, -0.05) is 4.73 Å². The van der Waals surface area contributed by atoms with E-state index in [1.54, 1.807) is 0 Å². The van der Waals surface area contributed by atoms with Crippen molar-refractivity contribution in [3.8, 4) is 0 Å². The Morgan fingerprint density at radius 1 is 1.47 bits per heavy atom. The highest BCUT2D eigenvalue weighted by atomic mass is 31.2. The molecule has 2 rings (SSSR count). The summed E-state index contributed by atoms with van der Waals surface area (Å²) >= 11 is 0. The zero-order valence-electron chi connectivity index (χ0n) is 7.25. The standard InChI is InChI=1S/C5H4FN2O6P/c1-12-15(11)13-7-2-3(6)4(9)8(14-15)5(7)10/h2H,1H3. The summed E-state index contributed by atoms with van der Waals surface area (Å²) in [7, 11) is -3.09. The number of halogens is 1. The Labute approximate surface area is 80.9 Å². The molecule has 2 heterocycles. The fraction of sp³-hybridized carbons (Fsp3) is 0.200. The van der Waals surface area contributed by atoms with Gasteiger partial charge in [-0.15, -0.1) is 4.73 Å².